The maximum absolute atomic E-state index is 5.66. The van der Waals surface area contributed by atoms with Gasteiger partial charge >= 0.3 is 0 Å². The lowest BCUT2D eigenvalue weighted by molar-refractivity contribution is 0.00247. The Bertz CT molecular complexity index is 434. The Hall–Kier alpha value is -0.120. The van der Waals surface area contributed by atoms with Crippen molar-refractivity contribution in [2.75, 3.05) is 59.7 Å². The molecule has 0 aromatic carbocycles. The SMILES string of the molecule is CN=C(NCCCCC1CCCC1)NCC(C1CCOC1)N1CCOCC1.I. The van der Waals surface area contributed by atoms with Crippen LogP contribution in [0.1, 0.15) is 51.4 Å². The fraction of sp³-hybridized carbons (Fsp3) is 0.952. The average Bonchev–Trinajstić information content (AvgIpc) is 3.41. The summed E-state index contributed by atoms with van der Waals surface area (Å²) in [4.78, 5) is 7.00. The molecule has 0 bridgehead atoms. The van der Waals surface area contributed by atoms with Crippen molar-refractivity contribution in [1.29, 1.82) is 0 Å². The molecule has 2 N–H and O–H groups in total. The van der Waals surface area contributed by atoms with Gasteiger partial charge in [0, 0.05) is 51.8 Å². The van der Waals surface area contributed by atoms with E-state index in [0.29, 0.717) is 12.0 Å². The summed E-state index contributed by atoms with van der Waals surface area (Å²) >= 11 is 0. The Kier molecular flexibility index (Phi) is 12.1. The Morgan fingerprint density at radius 1 is 1.04 bits per heavy atom. The normalized spacial score (nSPS) is 25.5. The van der Waals surface area contributed by atoms with Crippen LogP contribution in [0.4, 0.5) is 0 Å². The minimum atomic E-state index is 0. The average molecular weight is 508 g/mol. The van der Waals surface area contributed by atoms with Gasteiger partial charge in [-0.05, 0) is 18.8 Å². The van der Waals surface area contributed by atoms with Gasteiger partial charge in [0.1, 0.15) is 0 Å². The van der Waals surface area contributed by atoms with Gasteiger partial charge in [0.25, 0.3) is 0 Å². The third-order valence-electron chi connectivity index (χ3n) is 6.53. The Labute approximate surface area is 188 Å². The van der Waals surface area contributed by atoms with Crippen molar-refractivity contribution in [3.63, 3.8) is 0 Å². The van der Waals surface area contributed by atoms with E-state index in [1.54, 1.807) is 0 Å². The van der Waals surface area contributed by atoms with Crippen LogP contribution in [0.15, 0.2) is 4.99 Å². The number of unbranched alkanes of at least 4 members (excludes halogenated alkanes) is 1. The molecule has 3 fully saturated rings. The van der Waals surface area contributed by atoms with Crippen molar-refractivity contribution in [2.45, 2.75) is 57.4 Å². The number of aliphatic imine (C=N–C) groups is 1. The molecule has 2 aliphatic heterocycles. The van der Waals surface area contributed by atoms with Crippen molar-refractivity contribution in [3.8, 4) is 0 Å². The van der Waals surface area contributed by atoms with Gasteiger partial charge in [0.05, 0.1) is 19.8 Å². The summed E-state index contributed by atoms with van der Waals surface area (Å²) < 4.78 is 11.2. The van der Waals surface area contributed by atoms with E-state index >= 15 is 0 Å². The van der Waals surface area contributed by atoms with E-state index < -0.39 is 0 Å². The first-order valence-corrected chi connectivity index (χ1v) is 11.2. The van der Waals surface area contributed by atoms with Crippen molar-refractivity contribution in [3.05, 3.63) is 0 Å². The second-order valence-corrected chi connectivity index (χ2v) is 8.37. The van der Waals surface area contributed by atoms with Crippen LogP contribution in [0.3, 0.4) is 0 Å². The first-order chi connectivity index (χ1) is 13.4. The van der Waals surface area contributed by atoms with Crippen LogP contribution in [0.5, 0.6) is 0 Å². The molecule has 1 aliphatic carbocycles. The zero-order valence-corrected chi connectivity index (χ0v) is 20.0. The molecule has 0 aromatic heterocycles. The first-order valence-electron chi connectivity index (χ1n) is 11.2. The van der Waals surface area contributed by atoms with Gasteiger partial charge in [-0.25, -0.2) is 0 Å². The van der Waals surface area contributed by atoms with E-state index in [1.807, 2.05) is 7.05 Å². The molecule has 2 atom stereocenters. The highest BCUT2D eigenvalue weighted by Gasteiger charge is 2.31. The minimum Gasteiger partial charge on any atom is -0.381 e. The summed E-state index contributed by atoms with van der Waals surface area (Å²) in [5.41, 5.74) is 0. The van der Waals surface area contributed by atoms with Gasteiger partial charge in [-0.1, -0.05) is 38.5 Å². The number of hydrogen-bond donors (Lipinski definition) is 2. The molecule has 2 heterocycles. The fourth-order valence-corrected chi connectivity index (χ4v) is 4.84. The van der Waals surface area contributed by atoms with Crippen LogP contribution in [-0.4, -0.2) is 76.6 Å². The smallest absolute Gasteiger partial charge is 0.191 e. The molecule has 28 heavy (non-hydrogen) atoms. The van der Waals surface area contributed by atoms with Crippen LogP contribution in [0, 0.1) is 11.8 Å². The van der Waals surface area contributed by atoms with Crippen molar-refractivity contribution < 1.29 is 9.47 Å². The second kappa shape index (κ2) is 14.0. The highest BCUT2D eigenvalue weighted by molar-refractivity contribution is 14.0. The number of ether oxygens (including phenoxy) is 2. The summed E-state index contributed by atoms with van der Waals surface area (Å²) in [6.07, 6.45) is 11.0. The molecule has 3 aliphatic rings. The van der Waals surface area contributed by atoms with Crippen LogP contribution >= 0.6 is 24.0 Å². The summed E-state index contributed by atoms with van der Waals surface area (Å²) in [5.74, 6) is 2.55. The van der Waals surface area contributed by atoms with E-state index in [1.165, 1.54) is 44.9 Å². The Balaban J connectivity index is 0.00000280. The van der Waals surface area contributed by atoms with E-state index in [-0.39, 0.29) is 24.0 Å². The first kappa shape index (κ1) is 24.2. The molecular formula is C21H41IN4O2. The zero-order valence-electron chi connectivity index (χ0n) is 17.7. The molecule has 0 spiro atoms. The highest BCUT2D eigenvalue weighted by Crippen LogP contribution is 2.28. The number of nitrogens with zero attached hydrogens (tertiary/aromatic N) is 2. The van der Waals surface area contributed by atoms with E-state index in [0.717, 1.165) is 70.9 Å². The monoisotopic (exact) mass is 508 g/mol. The maximum atomic E-state index is 5.66. The van der Waals surface area contributed by atoms with Crippen LogP contribution in [0.2, 0.25) is 0 Å². The van der Waals surface area contributed by atoms with Crippen LogP contribution in [0.25, 0.3) is 0 Å². The number of hydrogen-bond acceptors (Lipinski definition) is 4. The second-order valence-electron chi connectivity index (χ2n) is 8.37. The van der Waals surface area contributed by atoms with Gasteiger partial charge in [-0.15, -0.1) is 24.0 Å². The van der Waals surface area contributed by atoms with Crippen molar-refractivity contribution in [1.82, 2.24) is 15.5 Å². The number of morpholine rings is 1. The standard InChI is InChI=1S/C21H40N4O2.HI/c1-22-21(23-10-5-4-8-18-6-2-3-7-18)24-16-20(19-9-13-27-17-19)25-11-14-26-15-12-25;/h18-20H,2-17H2,1H3,(H2,22,23,24);1H. The maximum Gasteiger partial charge on any atom is 0.191 e. The third-order valence-corrected chi connectivity index (χ3v) is 6.53. The van der Waals surface area contributed by atoms with Gasteiger partial charge in [0.15, 0.2) is 5.96 Å². The minimum absolute atomic E-state index is 0. The van der Waals surface area contributed by atoms with Crippen molar-refractivity contribution >= 4 is 29.9 Å². The topological polar surface area (TPSA) is 58.1 Å². The molecule has 164 valence electrons. The van der Waals surface area contributed by atoms with Crippen molar-refractivity contribution in [2.24, 2.45) is 16.8 Å². The molecule has 1 saturated carbocycles. The third kappa shape index (κ3) is 7.95. The summed E-state index contributed by atoms with van der Waals surface area (Å²) in [6, 6.07) is 0.498. The number of halogens is 1. The van der Waals surface area contributed by atoms with E-state index in [9.17, 15) is 0 Å². The zero-order chi connectivity index (χ0) is 18.7. The molecule has 7 heteroatoms. The molecular weight excluding hydrogens is 467 g/mol. The van der Waals surface area contributed by atoms with Crippen LogP contribution in [-0.2, 0) is 9.47 Å². The molecule has 3 rings (SSSR count). The van der Waals surface area contributed by atoms with Gasteiger partial charge in [-0.3, -0.25) is 9.89 Å². The Morgan fingerprint density at radius 2 is 1.82 bits per heavy atom. The van der Waals surface area contributed by atoms with Gasteiger partial charge < -0.3 is 20.1 Å². The van der Waals surface area contributed by atoms with E-state index in [2.05, 4.69) is 20.5 Å². The lowest BCUT2D eigenvalue weighted by atomic mass is 9.97. The molecule has 2 unspecified atom stereocenters. The number of nitrogens with one attached hydrogen (secondary N) is 2. The lowest BCUT2D eigenvalue weighted by Gasteiger charge is -2.37. The summed E-state index contributed by atoms with van der Waals surface area (Å²) in [7, 11) is 1.87. The van der Waals surface area contributed by atoms with E-state index in [4.69, 9.17) is 9.47 Å². The lowest BCUT2D eigenvalue weighted by Crippen LogP contribution is -2.53. The molecule has 0 aromatic rings. The molecule has 6 nitrogen and oxygen atoms in total. The number of guanidine groups is 1. The quantitative estimate of drug-likeness (QED) is 0.217. The predicted molar refractivity (Wildman–Crippen MR) is 126 cm³/mol. The molecule has 0 radical (unpaired) electrons. The summed E-state index contributed by atoms with van der Waals surface area (Å²) in [5, 5.41) is 7.08. The largest absolute Gasteiger partial charge is 0.381 e. The fourth-order valence-electron chi connectivity index (χ4n) is 4.84. The van der Waals surface area contributed by atoms with Gasteiger partial charge in [0.2, 0.25) is 0 Å². The molecule has 0 amide bonds. The molecule has 2 saturated heterocycles. The summed E-state index contributed by atoms with van der Waals surface area (Å²) in [6.45, 7) is 7.47. The van der Waals surface area contributed by atoms with Crippen LogP contribution < -0.4 is 10.6 Å². The predicted octanol–water partition coefficient (Wildman–Crippen LogP) is 2.87. The van der Waals surface area contributed by atoms with Gasteiger partial charge in [-0.2, -0.15) is 0 Å². The Morgan fingerprint density at radius 3 is 2.50 bits per heavy atom. The number of rotatable bonds is 9. The highest BCUT2D eigenvalue weighted by atomic mass is 127.